The smallest absolute Gasteiger partial charge is 0.261 e. The molecule has 0 bridgehead atoms. The van der Waals surface area contributed by atoms with Gasteiger partial charge in [0.25, 0.3) is 15.6 Å². The molecule has 2 N–H and O–H groups in total. The number of sulfonamides is 1. The number of fused-ring (bicyclic) bond motifs is 1. The number of piperidine rings is 1. The fourth-order valence-corrected chi connectivity index (χ4v) is 6.54. The molecule has 33 heavy (non-hydrogen) atoms. The van der Waals surface area contributed by atoms with Crippen molar-refractivity contribution in [1.82, 2.24) is 24.1 Å². The predicted octanol–water partition coefficient (Wildman–Crippen LogP) is 2.21. The van der Waals surface area contributed by atoms with Crippen molar-refractivity contribution in [3.05, 3.63) is 64.7 Å². The van der Waals surface area contributed by atoms with E-state index < -0.39 is 10.0 Å². The van der Waals surface area contributed by atoms with Crippen molar-refractivity contribution >= 4 is 44.0 Å². The third-order valence-electron chi connectivity index (χ3n) is 5.67. The van der Waals surface area contributed by atoms with E-state index in [1.807, 2.05) is 0 Å². The maximum absolute atomic E-state index is 13.0. The second kappa shape index (κ2) is 8.54. The normalized spacial score (nSPS) is 15.6. The second-order valence-electron chi connectivity index (χ2n) is 7.64. The fraction of sp³-hybridized carbons (Fsp3) is 0.238. The number of hydrogen-bond donors (Lipinski definition) is 2. The summed E-state index contributed by atoms with van der Waals surface area (Å²) in [5.74, 6) is -0.499. The Morgan fingerprint density at radius 2 is 1.94 bits per heavy atom. The minimum absolute atomic E-state index is 0.183. The molecule has 5 rings (SSSR count). The van der Waals surface area contributed by atoms with Crippen LogP contribution in [0.3, 0.4) is 0 Å². The van der Waals surface area contributed by atoms with E-state index >= 15 is 0 Å². The van der Waals surface area contributed by atoms with E-state index in [1.165, 1.54) is 32.8 Å². The number of nitrogens with zero attached hydrogens (tertiary/aromatic N) is 4. The molecule has 12 heteroatoms. The number of para-hydroxylation sites is 2. The minimum Gasteiger partial charge on any atom is -0.324 e. The minimum atomic E-state index is -3.51. The summed E-state index contributed by atoms with van der Waals surface area (Å²) in [4.78, 5) is 31.7. The molecule has 1 aromatic carbocycles. The topological polar surface area (TPSA) is 130 Å². The molecule has 0 aliphatic carbocycles. The van der Waals surface area contributed by atoms with Crippen LogP contribution in [0.2, 0.25) is 0 Å². The second-order valence-corrected chi connectivity index (χ2v) is 10.8. The number of hydrogen-bond acceptors (Lipinski definition) is 7. The first-order valence-corrected chi connectivity index (χ1v) is 12.6. The molecule has 0 saturated carbocycles. The summed E-state index contributed by atoms with van der Waals surface area (Å²) in [5.41, 5.74) is 1.20. The van der Waals surface area contributed by atoms with Gasteiger partial charge in [0.15, 0.2) is 5.65 Å². The molecule has 0 atom stereocenters. The Hall–Kier alpha value is -3.35. The standard InChI is InChI=1S/C21H20N6O4S2/c28-20(14-7-9-26(10-8-14)33(30,31)18-6-3-11-32-18)25-16-4-1-2-5-17(16)27-19-15(12-24-27)21(29)23-13-22-19/h1-6,11-14H,7-10H2,(H,25,28)(H,22,23,29). The van der Waals surface area contributed by atoms with Crippen LogP contribution in [0.5, 0.6) is 0 Å². The molecular weight excluding hydrogens is 464 g/mol. The average Bonchev–Trinajstić information content (AvgIpc) is 3.51. The molecule has 0 unspecified atom stereocenters. The molecule has 0 spiro atoms. The molecule has 10 nitrogen and oxygen atoms in total. The van der Waals surface area contributed by atoms with Gasteiger partial charge < -0.3 is 10.3 Å². The summed E-state index contributed by atoms with van der Waals surface area (Å²) in [7, 11) is -3.51. The van der Waals surface area contributed by atoms with Crippen molar-refractivity contribution in [2.75, 3.05) is 18.4 Å². The zero-order valence-electron chi connectivity index (χ0n) is 17.3. The number of anilines is 1. The maximum Gasteiger partial charge on any atom is 0.261 e. The molecule has 1 saturated heterocycles. The first-order valence-electron chi connectivity index (χ1n) is 10.3. The highest BCUT2D eigenvalue weighted by Crippen LogP contribution is 2.28. The van der Waals surface area contributed by atoms with E-state index in [-0.39, 0.29) is 30.5 Å². The largest absolute Gasteiger partial charge is 0.324 e. The molecule has 1 aliphatic heterocycles. The van der Waals surface area contributed by atoms with E-state index in [1.54, 1.807) is 41.8 Å². The summed E-state index contributed by atoms with van der Waals surface area (Å²) in [5, 5.41) is 9.31. The molecule has 4 heterocycles. The monoisotopic (exact) mass is 484 g/mol. The van der Waals surface area contributed by atoms with Crippen LogP contribution >= 0.6 is 11.3 Å². The maximum atomic E-state index is 13.0. The summed E-state index contributed by atoms with van der Waals surface area (Å²) >= 11 is 1.19. The summed E-state index contributed by atoms with van der Waals surface area (Å²) in [6, 6.07) is 10.4. The molecule has 0 radical (unpaired) electrons. The number of rotatable bonds is 5. The molecule has 3 aromatic heterocycles. The van der Waals surface area contributed by atoms with Crippen molar-refractivity contribution in [2.24, 2.45) is 5.92 Å². The molecule has 1 fully saturated rings. The summed E-state index contributed by atoms with van der Waals surface area (Å²) in [6.07, 6.45) is 3.60. The van der Waals surface area contributed by atoms with Crippen molar-refractivity contribution in [2.45, 2.75) is 17.1 Å². The number of aromatic amines is 1. The van der Waals surface area contributed by atoms with Gasteiger partial charge in [0.1, 0.15) is 9.60 Å². The van der Waals surface area contributed by atoms with E-state index in [4.69, 9.17) is 0 Å². The first kappa shape index (κ1) is 21.5. The number of carbonyl (C=O) groups is 1. The van der Waals surface area contributed by atoms with Gasteiger partial charge in [-0.15, -0.1) is 11.3 Å². The van der Waals surface area contributed by atoms with Crippen molar-refractivity contribution in [1.29, 1.82) is 0 Å². The Morgan fingerprint density at radius 3 is 2.70 bits per heavy atom. The van der Waals surface area contributed by atoms with Gasteiger partial charge in [-0.25, -0.2) is 18.1 Å². The zero-order chi connectivity index (χ0) is 23.0. The number of carbonyl (C=O) groups excluding carboxylic acids is 1. The van der Waals surface area contributed by atoms with E-state index in [2.05, 4.69) is 20.4 Å². The van der Waals surface area contributed by atoms with Gasteiger partial charge in [-0.2, -0.15) is 9.40 Å². The Labute approximate surface area is 192 Å². The predicted molar refractivity (Wildman–Crippen MR) is 124 cm³/mol. The van der Waals surface area contributed by atoms with E-state index in [9.17, 15) is 18.0 Å². The lowest BCUT2D eigenvalue weighted by molar-refractivity contribution is -0.120. The number of thiophene rings is 1. The number of H-pyrrole nitrogens is 1. The molecule has 1 amide bonds. The third kappa shape index (κ3) is 3.96. The molecule has 170 valence electrons. The van der Waals surface area contributed by atoms with Crippen LogP contribution < -0.4 is 10.9 Å². The van der Waals surface area contributed by atoms with E-state index in [0.29, 0.717) is 39.5 Å². The van der Waals surface area contributed by atoms with Crippen LogP contribution in [0.1, 0.15) is 12.8 Å². The summed E-state index contributed by atoms with van der Waals surface area (Å²) in [6.45, 7) is 0.576. The lowest BCUT2D eigenvalue weighted by Gasteiger charge is -2.30. The van der Waals surface area contributed by atoms with Crippen molar-refractivity contribution in [3.63, 3.8) is 0 Å². The number of nitrogens with one attached hydrogen (secondary N) is 2. The Kier molecular flexibility index (Phi) is 5.56. The van der Waals surface area contributed by atoms with Gasteiger partial charge in [-0.3, -0.25) is 9.59 Å². The van der Waals surface area contributed by atoms with Crippen LogP contribution in [0.25, 0.3) is 16.7 Å². The lowest BCUT2D eigenvalue weighted by atomic mass is 9.97. The fourth-order valence-electron chi connectivity index (χ4n) is 3.93. The Bertz CT molecular complexity index is 1470. The molecule has 4 aromatic rings. The highest BCUT2D eigenvalue weighted by atomic mass is 32.2. The van der Waals surface area contributed by atoms with Crippen LogP contribution in [-0.4, -0.2) is 51.5 Å². The summed E-state index contributed by atoms with van der Waals surface area (Å²) < 4.78 is 28.7. The first-order chi connectivity index (χ1) is 15.9. The van der Waals surface area contributed by atoms with Crippen LogP contribution in [0, 0.1) is 5.92 Å². The number of aromatic nitrogens is 4. The van der Waals surface area contributed by atoms with Crippen LogP contribution in [0.4, 0.5) is 5.69 Å². The van der Waals surface area contributed by atoms with E-state index in [0.717, 1.165) is 0 Å². The highest BCUT2D eigenvalue weighted by Gasteiger charge is 2.32. The Morgan fingerprint density at radius 1 is 1.15 bits per heavy atom. The van der Waals surface area contributed by atoms with Crippen LogP contribution in [0.15, 0.2) is 63.3 Å². The molecular formula is C21H20N6O4S2. The third-order valence-corrected chi connectivity index (χ3v) is 8.95. The average molecular weight is 485 g/mol. The van der Waals surface area contributed by atoms with Crippen molar-refractivity contribution in [3.8, 4) is 5.69 Å². The van der Waals surface area contributed by atoms with Gasteiger partial charge in [0.2, 0.25) is 5.91 Å². The highest BCUT2D eigenvalue weighted by molar-refractivity contribution is 7.91. The van der Waals surface area contributed by atoms with Gasteiger partial charge in [-0.1, -0.05) is 18.2 Å². The number of amides is 1. The lowest BCUT2D eigenvalue weighted by Crippen LogP contribution is -2.41. The van der Waals surface area contributed by atoms with Gasteiger partial charge in [0.05, 0.1) is 23.9 Å². The van der Waals surface area contributed by atoms with Gasteiger partial charge in [-0.05, 0) is 36.4 Å². The van der Waals surface area contributed by atoms with Crippen LogP contribution in [-0.2, 0) is 14.8 Å². The SMILES string of the molecule is O=C(Nc1ccccc1-n1ncc2c(=O)[nH]cnc21)C1CCN(S(=O)(=O)c2cccs2)CC1. The quantitative estimate of drug-likeness (QED) is 0.447. The zero-order valence-corrected chi connectivity index (χ0v) is 19.0. The van der Waals surface area contributed by atoms with Gasteiger partial charge >= 0.3 is 0 Å². The van der Waals surface area contributed by atoms with Crippen molar-refractivity contribution < 1.29 is 13.2 Å². The Balaban J connectivity index is 1.33. The molecule has 1 aliphatic rings. The number of benzene rings is 1. The van der Waals surface area contributed by atoms with Gasteiger partial charge in [0, 0.05) is 19.0 Å².